The molecule has 0 fully saturated rings. The van der Waals surface area contributed by atoms with Crippen LogP contribution >= 0.6 is 0 Å². The predicted octanol–water partition coefficient (Wildman–Crippen LogP) is 3.79. The average molecular weight is 209 g/mol. The van der Waals surface area contributed by atoms with Crippen LogP contribution < -0.4 is 0 Å². The summed E-state index contributed by atoms with van der Waals surface area (Å²) in [6.07, 6.45) is 0. The fourth-order valence-corrected chi connectivity index (χ4v) is 1.66. The van der Waals surface area contributed by atoms with Crippen LogP contribution in [-0.2, 0) is 0 Å². The lowest BCUT2D eigenvalue weighted by atomic mass is 10.0. The van der Waals surface area contributed by atoms with Crippen LogP contribution in [0, 0.1) is 0 Å². The van der Waals surface area contributed by atoms with Gasteiger partial charge in [-0.25, -0.2) is 0 Å². The van der Waals surface area contributed by atoms with Crippen molar-refractivity contribution in [2.45, 2.75) is 6.92 Å². The zero-order valence-corrected chi connectivity index (χ0v) is 9.64. The second-order valence-corrected chi connectivity index (χ2v) is 3.75. The van der Waals surface area contributed by atoms with Gasteiger partial charge >= 0.3 is 0 Å². The van der Waals surface area contributed by atoms with Crippen molar-refractivity contribution in [1.29, 1.82) is 0 Å². The molecular weight excluding hydrogens is 194 g/mol. The van der Waals surface area contributed by atoms with Crippen molar-refractivity contribution in [1.82, 2.24) is 0 Å². The Kier molecular flexibility index (Phi) is 3.16. The van der Waals surface area contributed by atoms with E-state index in [-0.39, 0.29) is 0 Å². The van der Waals surface area contributed by atoms with Gasteiger partial charge in [0.1, 0.15) is 0 Å². The van der Waals surface area contributed by atoms with E-state index < -0.39 is 0 Å². The highest BCUT2D eigenvalue weighted by atomic mass is 14.7. The van der Waals surface area contributed by atoms with E-state index >= 15 is 0 Å². The number of benzene rings is 2. The second-order valence-electron chi connectivity index (χ2n) is 3.75. The average Bonchev–Trinajstić information content (AvgIpc) is 2.39. The van der Waals surface area contributed by atoms with Crippen LogP contribution in [0.5, 0.6) is 0 Å². The van der Waals surface area contributed by atoms with Gasteiger partial charge in [0, 0.05) is 12.8 Å². The summed E-state index contributed by atoms with van der Waals surface area (Å²) in [4.78, 5) is 4.18. The molecule has 0 spiro atoms. The van der Waals surface area contributed by atoms with Gasteiger partial charge in [0.05, 0.1) is 0 Å². The van der Waals surface area contributed by atoms with Crippen LogP contribution in [0.15, 0.2) is 59.6 Å². The van der Waals surface area contributed by atoms with Crippen LogP contribution in [0.3, 0.4) is 0 Å². The standard InChI is InChI=1S/C15H15N/c1-12(16-2)13-8-10-15(11-9-13)14-6-4-3-5-7-14/h3-11H,1-2H3/b16-12+. The minimum Gasteiger partial charge on any atom is -0.293 e. The molecule has 0 unspecified atom stereocenters. The number of hydrogen-bond acceptors (Lipinski definition) is 1. The highest BCUT2D eigenvalue weighted by Crippen LogP contribution is 2.19. The lowest BCUT2D eigenvalue weighted by Gasteiger charge is -2.03. The van der Waals surface area contributed by atoms with Gasteiger partial charge in [0.2, 0.25) is 0 Å². The van der Waals surface area contributed by atoms with E-state index in [0.29, 0.717) is 0 Å². The fourth-order valence-electron chi connectivity index (χ4n) is 1.66. The topological polar surface area (TPSA) is 12.4 Å². The van der Waals surface area contributed by atoms with Crippen molar-refractivity contribution < 1.29 is 0 Å². The Bertz CT molecular complexity index is 481. The van der Waals surface area contributed by atoms with Crippen LogP contribution in [-0.4, -0.2) is 12.8 Å². The van der Waals surface area contributed by atoms with E-state index in [1.807, 2.05) is 20.0 Å². The summed E-state index contributed by atoms with van der Waals surface area (Å²) in [5, 5.41) is 0. The molecule has 0 aliphatic heterocycles. The Balaban J connectivity index is 2.34. The molecule has 0 radical (unpaired) electrons. The molecule has 0 saturated carbocycles. The van der Waals surface area contributed by atoms with Crippen LogP contribution in [0.4, 0.5) is 0 Å². The fraction of sp³-hybridized carbons (Fsp3) is 0.133. The zero-order valence-electron chi connectivity index (χ0n) is 9.64. The zero-order chi connectivity index (χ0) is 11.4. The largest absolute Gasteiger partial charge is 0.293 e. The highest BCUT2D eigenvalue weighted by molar-refractivity contribution is 5.98. The lowest BCUT2D eigenvalue weighted by molar-refractivity contribution is 1.41. The van der Waals surface area contributed by atoms with E-state index in [9.17, 15) is 0 Å². The van der Waals surface area contributed by atoms with Crippen molar-refractivity contribution in [3.63, 3.8) is 0 Å². The van der Waals surface area contributed by atoms with Crippen molar-refractivity contribution in [2.75, 3.05) is 7.05 Å². The molecule has 1 heteroatoms. The molecule has 2 rings (SSSR count). The number of nitrogens with zero attached hydrogens (tertiary/aromatic N) is 1. The first-order chi connectivity index (χ1) is 7.81. The molecule has 0 amide bonds. The Labute approximate surface area is 96.5 Å². The van der Waals surface area contributed by atoms with Gasteiger partial charge in [-0.1, -0.05) is 54.6 Å². The molecule has 16 heavy (non-hydrogen) atoms. The normalized spacial score (nSPS) is 11.5. The number of aliphatic imine (C=N–C) groups is 1. The molecule has 2 aromatic rings. The Hall–Kier alpha value is -1.89. The quantitative estimate of drug-likeness (QED) is 0.667. The third kappa shape index (κ3) is 2.19. The van der Waals surface area contributed by atoms with Gasteiger partial charge in [-0.3, -0.25) is 4.99 Å². The second kappa shape index (κ2) is 4.75. The molecule has 0 heterocycles. The number of rotatable bonds is 2. The van der Waals surface area contributed by atoms with Crippen LogP contribution in [0.1, 0.15) is 12.5 Å². The number of hydrogen-bond donors (Lipinski definition) is 0. The first-order valence-electron chi connectivity index (χ1n) is 5.40. The smallest absolute Gasteiger partial charge is 0.0386 e. The van der Waals surface area contributed by atoms with Crippen molar-refractivity contribution in [3.8, 4) is 11.1 Å². The Morgan fingerprint density at radius 1 is 0.812 bits per heavy atom. The van der Waals surface area contributed by atoms with Crippen LogP contribution in [0.2, 0.25) is 0 Å². The molecule has 0 N–H and O–H groups in total. The van der Waals surface area contributed by atoms with E-state index in [1.54, 1.807) is 0 Å². The van der Waals surface area contributed by atoms with Gasteiger partial charge in [-0.15, -0.1) is 0 Å². The summed E-state index contributed by atoms with van der Waals surface area (Å²) < 4.78 is 0. The molecule has 0 aromatic heterocycles. The van der Waals surface area contributed by atoms with Gasteiger partial charge in [-0.05, 0) is 23.6 Å². The maximum absolute atomic E-state index is 4.18. The molecule has 0 saturated heterocycles. The van der Waals surface area contributed by atoms with E-state index in [0.717, 1.165) is 5.71 Å². The van der Waals surface area contributed by atoms with E-state index in [4.69, 9.17) is 0 Å². The van der Waals surface area contributed by atoms with Crippen molar-refractivity contribution >= 4 is 5.71 Å². The summed E-state index contributed by atoms with van der Waals surface area (Å²) in [6, 6.07) is 18.9. The summed E-state index contributed by atoms with van der Waals surface area (Å²) in [6.45, 7) is 2.03. The predicted molar refractivity (Wildman–Crippen MR) is 70.0 cm³/mol. The first-order valence-corrected chi connectivity index (χ1v) is 5.40. The van der Waals surface area contributed by atoms with E-state index in [2.05, 4.69) is 53.5 Å². The molecule has 0 aliphatic carbocycles. The minimum absolute atomic E-state index is 1.07. The van der Waals surface area contributed by atoms with Crippen molar-refractivity contribution in [2.24, 2.45) is 4.99 Å². The van der Waals surface area contributed by atoms with E-state index in [1.165, 1.54) is 16.7 Å². The lowest BCUT2D eigenvalue weighted by Crippen LogP contribution is -1.93. The third-order valence-corrected chi connectivity index (χ3v) is 2.75. The molecule has 2 aromatic carbocycles. The van der Waals surface area contributed by atoms with Gasteiger partial charge in [0.25, 0.3) is 0 Å². The van der Waals surface area contributed by atoms with Gasteiger partial charge in [-0.2, -0.15) is 0 Å². The van der Waals surface area contributed by atoms with Crippen LogP contribution in [0.25, 0.3) is 11.1 Å². The first kappa shape index (κ1) is 10.6. The molecule has 0 bridgehead atoms. The van der Waals surface area contributed by atoms with Gasteiger partial charge in [0.15, 0.2) is 0 Å². The molecule has 0 aliphatic rings. The minimum atomic E-state index is 1.07. The molecule has 1 nitrogen and oxygen atoms in total. The summed E-state index contributed by atoms with van der Waals surface area (Å²) in [5.41, 5.74) is 4.75. The van der Waals surface area contributed by atoms with Crippen molar-refractivity contribution in [3.05, 3.63) is 60.2 Å². The maximum atomic E-state index is 4.18. The Morgan fingerprint density at radius 2 is 1.38 bits per heavy atom. The summed E-state index contributed by atoms with van der Waals surface area (Å²) >= 11 is 0. The molecular formula is C15H15N. The monoisotopic (exact) mass is 209 g/mol. The SMILES string of the molecule is C/N=C(\C)c1ccc(-c2ccccc2)cc1. The highest BCUT2D eigenvalue weighted by Gasteiger charge is 1.98. The molecule has 80 valence electrons. The summed E-state index contributed by atoms with van der Waals surface area (Å²) in [5.74, 6) is 0. The third-order valence-electron chi connectivity index (χ3n) is 2.75. The maximum Gasteiger partial charge on any atom is 0.0386 e. The van der Waals surface area contributed by atoms with Gasteiger partial charge < -0.3 is 0 Å². The Morgan fingerprint density at radius 3 is 1.94 bits per heavy atom. The molecule has 0 atom stereocenters. The summed E-state index contributed by atoms with van der Waals surface area (Å²) in [7, 11) is 1.82.